The number of phenols is 1. The normalized spacial score (nSPS) is 15.5. The van der Waals surface area contributed by atoms with Crippen molar-refractivity contribution in [2.24, 2.45) is 0 Å². The second-order valence-electron chi connectivity index (χ2n) is 6.31. The lowest BCUT2D eigenvalue weighted by Crippen LogP contribution is -2.38. The fourth-order valence-electron chi connectivity index (χ4n) is 2.51. The fraction of sp³-hybridized carbons (Fsp3) is 0.562. The Morgan fingerprint density at radius 3 is 2.55 bits per heavy atom. The fourth-order valence-corrected chi connectivity index (χ4v) is 2.51. The van der Waals surface area contributed by atoms with Gasteiger partial charge in [0.25, 0.3) is 0 Å². The largest absolute Gasteiger partial charge is 0.508 e. The zero-order valence-corrected chi connectivity index (χ0v) is 12.7. The molecule has 0 unspecified atom stereocenters. The van der Waals surface area contributed by atoms with Crippen LogP contribution in [0.5, 0.6) is 5.75 Å². The molecule has 2 rings (SSSR count). The highest BCUT2D eigenvalue weighted by Crippen LogP contribution is 2.27. The average Bonchev–Trinajstić information content (AvgIpc) is 2.54. The lowest BCUT2D eigenvalue weighted by atomic mass is 9.97. The van der Waals surface area contributed by atoms with Gasteiger partial charge in [0.1, 0.15) is 11.4 Å². The molecule has 0 aliphatic carbocycles. The highest BCUT2D eigenvalue weighted by atomic mass is 16.6. The lowest BCUT2D eigenvalue weighted by molar-refractivity contribution is 0.0258. The number of fused-ring (bicyclic) bond motifs is 1. The van der Waals surface area contributed by atoms with Crippen LogP contribution in [0.3, 0.4) is 0 Å². The standard InChI is InChI=1S/C16H23NO3/c1-11-13-8-10-17(15(19)20-16(2,3)4)9-7-12(13)5-6-14(11)18/h5-6,18H,7-10H2,1-4H3. The Kier molecular flexibility index (Phi) is 3.93. The molecule has 0 atom stereocenters. The first-order chi connectivity index (χ1) is 9.28. The van der Waals surface area contributed by atoms with Crippen molar-refractivity contribution in [2.75, 3.05) is 13.1 Å². The van der Waals surface area contributed by atoms with Gasteiger partial charge in [0.05, 0.1) is 0 Å². The maximum atomic E-state index is 12.1. The number of hydrogen-bond donors (Lipinski definition) is 1. The van der Waals surface area contributed by atoms with E-state index in [9.17, 15) is 9.90 Å². The Balaban J connectivity index is 2.12. The van der Waals surface area contributed by atoms with Gasteiger partial charge >= 0.3 is 6.09 Å². The van der Waals surface area contributed by atoms with Crippen LogP contribution in [0.4, 0.5) is 4.79 Å². The maximum Gasteiger partial charge on any atom is 0.410 e. The number of aromatic hydroxyl groups is 1. The average molecular weight is 277 g/mol. The molecular formula is C16H23NO3. The van der Waals surface area contributed by atoms with E-state index in [4.69, 9.17) is 4.74 Å². The molecule has 20 heavy (non-hydrogen) atoms. The summed E-state index contributed by atoms with van der Waals surface area (Å²) in [4.78, 5) is 13.9. The van der Waals surface area contributed by atoms with E-state index in [0.29, 0.717) is 18.8 Å². The Morgan fingerprint density at radius 1 is 1.25 bits per heavy atom. The van der Waals surface area contributed by atoms with Crippen LogP contribution in [0.1, 0.15) is 37.5 Å². The van der Waals surface area contributed by atoms with E-state index in [1.165, 1.54) is 5.56 Å². The van der Waals surface area contributed by atoms with Crippen LogP contribution in [0.2, 0.25) is 0 Å². The first kappa shape index (κ1) is 14.7. The zero-order valence-electron chi connectivity index (χ0n) is 12.7. The van der Waals surface area contributed by atoms with Gasteiger partial charge in [-0.05, 0) is 63.3 Å². The number of benzene rings is 1. The molecule has 1 aromatic carbocycles. The summed E-state index contributed by atoms with van der Waals surface area (Å²) in [6.45, 7) is 8.84. The summed E-state index contributed by atoms with van der Waals surface area (Å²) < 4.78 is 5.42. The highest BCUT2D eigenvalue weighted by molar-refractivity contribution is 5.68. The molecule has 4 nitrogen and oxygen atoms in total. The topological polar surface area (TPSA) is 49.8 Å². The predicted molar refractivity (Wildman–Crippen MR) is 78.1 cm³/mol. The molecule has 0 bridgehead atoms. The third-order valence-electron chi connectivity index (χ3n) is 3.60. The van der Waals surface area contributed by atoms with Gasteiger partial charge in [-0.1, -0.05) is 6.07 Å². The number of rotatable bonds is 0. The van der Waals surface area contributed by atoms with Gasteiger partial charge in [-0.25, -0.2) is 4.79 Å². The molecular weight excluding hydrogens is 254 g/mol. The van der Waals surface area contributed by atoms with Crippen molar-refractivity contribution < 1.29 is 14.6 Å². The van der Waals surface area contributed by atoms with E-state index in [0.717, 1.165) is 24.0 Å². The Bertz CT molecular complexity index is 517. The van der Waals surface area contributed by atoms with Crippen LogP contribution in [0, 0.1) is 6.92 Å². The second kappa shape index (κ2) is 5.35. The molecule has 1 heterocycles. The highest BCUT2D eigenvalue weighted by Gasteiger charge is 2.24. The van der Waals surface area contributed by atoms with E-state index in [1.54, 1.807) is 11.0 Å². The van der Waals surface area contributed by atoms with Crippen LogP contribution in [0.25, 0.3) is 0 Å². The number of carbonyl (C=O) groups is 1. The zero-order chi connectivity index (χ0) is 14.9. The van der Waals surface area contributed by atoms with Crippen molar-refractivity contribution >= 4 is 6.09 Å². The van der Waals surface area contributed by atoms with Crippen molar-refractivity contribution in [3.8, 4) is 5.75 Å². The SMILES string of the molecule is Cc1c(O)ccc2c1CCN(C(=O)OC(C)(C)C)CC2. The molecule has 1 aliphatic heterocycles. The van der Waals surface area contributed by atoms with Gasteiger partial charge in [0.2, 0.25) is 0 Å². The quantitative estimate of drug-likeness (QED) is 0.793. The van der Waals surface area contributed by atoms with Crippen LogP contribution >= 0.6 is 0 Å². The van der Waals surface area contributed by atoms with Crippen molar-refractivity contribution in [3.05, 3.63) is 28.8 Å². The van der Waals surface area contributed by atoms with Crippen LogP contribution in [-0.2, 0) is 17.6 Å². The summed E-state index contributed by atoms with van der Waals surface area (Å²) in [5.74, 6) is 0.328. The lowest BCUT2D eigenvalue weighted by Gasteiger charge is -2.26. The van der Waals surface area contributed by atoms with Gasteiger partial charge < -0.3 is 14.7 Å². The molecule has 4 heteroatoms. The van der Waals surface area contributed by atoms with Crippen molar-refractivity contribution in [1.29, 1.82) is 0 Å². The molecule has 1 N–H and O–H groups in total. The summed E-state index contributed by atoms with van der Waals surface area (Å²) in [6.07, 6.45) is 1.30. The smallest absolute Gasteiger partial charge is 0.410 e. The summed E-state index contributed by atoms with van der Waals surface area (Å²) in [5.41, 5.74) is 2.83. The van der Waals surface area contributed by atoms with Gasteiger partial charge in [-0.2, -0.15) is 0 Å². The van der Waals surface area contributed by atoms with E-state index < -0.39 is 5.60 Å². The molecule has 0 radical (unpaired) electrons. The third-order valence-corrected chi connectivity index (χ3v) is 3.60. The van der Waals surface area contributed by atoms with Crippen molar-refractivity contribution in [2.45, 2.75) is 46.1 Å². The number of phenolic OH excluding ortho intramolecular Hbond substituents is 1. The van der Waals surface area contributed by atoms with Crippen molar-refractivity contribution in [3.63, 3.8) is 0 Å². The molecule has 0 spiro atoms. The van der Waals surface area contributed by atoms with E-state index in [2.05, 4.69) is 0 Å². The number of carbonyl (C=O) groups excluding carboxylic acids is 1. The molecule has 1 aromatic rings. The van der Waals surface area contributed by atoms with Gasteiger partial charge in [-0.15, -0.1) is 0 Å². The molecule has 0 aromatic heterocycles. The van der Waals surface area contributed by atoms with Crippen molar-refractivity contribution in [1.82, 2.24) is 4.90 Å². The molecule has 1 amide bonds. The molecule has 1 aliphatic rings. The number of hydrogen-bond acceptors (Lipinski definition) is 3. The number of ether oxygens (including phenoxy) is 1. The van der Waals surface area contributed by atoms with Crippen LogP contribution < -0.4 is 0 Å². The van der Waals surface area contributed by atoms with E-state index in [-0.39, 0.29) is 6.09 Å². The van der Waals surface area contributed by atoms with Gasteiger partial charge in [0.15, 0.2) is 0 Å². The molecule has 0 saturated heterocycles. The first-order valence-corrected chi connectivity index (χ1v) is 7.06. The number of amides is 1. The Morgan fingerprint density at radius 2 is 1.90 bits per heavy atom. The van der Waals surface area contributed by atoms with E-state index in [1.807, 2.05) is 33.8 Å². The predicted octanol–water partition coefficient (Wildman–Crippen LogP) is 3.04. The Hall–Kier alpha value is -1.71. The number of nitrogens with zero attached hydrogens (tertiary/aromatic N) is 1. The molecule has 0 saturated carbocycles. The maximum absolute atomic E-state index is 12.1. The first-order valence-electron chi connectivity index (χ1n) is 7.06. The molecule has 0 fully saturated rings. The minimum absolute atomic E-state index is 0.257. The second-order valence-corrected chi connectivity index (χ2v) is 6.31. The third kappa shape index (κ3) is 3.24. The van der Waals surface area contributed by atoms with Gasteiger partial charge in [0, 0.05) is 13.1 Å². The van der Waals surface area contributed by atoms with E-state index >= 15 is 0 Å². The van der Waals surface area contributed by atoms with Gasteiger partial charge in [-0.3, -0.25) is 0 Å². The minimum Gasteiger partial charge on any atom is -0.508 e. The van der Waals surface area contributed by atoms with Crippen LogP contribution in [-0.4, -0.2) is 34.8 Å². The monoisotopic (exact) mass is 277 g/mol. The van der Waals surface area contributed by atoms with Crippen LogP contribution in [0.15, 0.2) is 12.1 Å². The Labute approximate surface area is 120 Å². The minimum atomic E-state index is -0.468. The summed E-state index contributed by atoms with van der Waals surface area (Å²) >= 11 is 0. The summed E-state index contributed by atoms with van der Waals surface area (Å²) in [7, 11) is 0. The summed E-state index contributed by atoms with van der Waals surface area (Å²) in [5, 5.41) is 9.79. The molecule has 110 valence electrons. The summed E-state index contributed by atoms with van der Waals surface area (Å²) in [6, 6.07) is 3.69.